The lowest BCUT2D eigenvalue weighted by Gasteiger charge is -2.24. The number of benzene rings is 1. The zero-order valence-electron chi connectivity index (χ0n) is 20.2. The van der Waals surface area contributed by atoms with Crippen molar-refractivity contribution in [3.05, 3.63) is 30.0 Å². The SMILES string of the molecule is COc1cc(C)c2ncc(NC(=O)C(C)(C)CCNC(=O)C3CC(NC(=O)CN)CN3)cc2c1. The molecule has 0 saturated carbocycles. The summed E-state index contributed by atoms with van der Waals surface area (Å²) in [5.41, 5.74) is 7.04. The molecule has 2 unspecified atom stereocenters. The van der Waals surface area contributed by atoms with Gasteiger partial charge < -0.3 is 31.7 Å². The van der Waals surface area contributed by atoms with E-state index in [-0.39, 0.29) is 36.3 Å². The number of nitrogens with one attached hydrogen (secondary N) is 4. The van der Waals surface area contributed by atoms with Gasteiger partial charge in [-0.3, -0.25) is 19.4 Å². The molecule has 0 aliphatic carbocycles. The fourth-order valence-corrected chi connectivity index (χ4v) is 3.95. The van der Waals surface area contributed by atoms with E-state index in [0.29, 0.717) is 31.6 Å². The molecule has 1 aliphatic rings. The summed E-state index contributed by atoms with van der Waals surface area (Å²) in [6.07, 6.45) is 2.60. The quantitative estimate of drug-likeness (QED) is 0.365. The summed E-state index contributed by atoms with van der Waals surface area (Å²) in [5.74, 6) is 0.183. The summed E-state index contributed by atoms with van der Waals surface area (Å²) >= 11 is 0. The van der Waals surface area contributed by atoms with Crippen LogP contribution in [0.15, 0.2) is 24.4 Å². The van der Waals surface area contributed by atoms with Crippen LogP contribution in [0.1, 0.15) is 32.3 Å². The first kappa shape index (κ1) is 25.4. The minimum absolute atomic E-state index is 0.0758. The topological polar surface area (TPSA) is 147 Å². The number of fused-ring (bicyclic) bond motifs is 1. The van der Waals surface area contributed by atoms with Gasteiger partial charge in [-0.2, -0.15) is 0 Å². The number of carbonyl (C=O) groups excluding carboxylic acids is 3. The third kappa shape index (κ3) is 6.21. The number of carbonyl (C=O) groups is 3. The molecule has 34 heavy (non-hydrogen) atoms. The van der Waals surface area contributed by atoms with Crippen molar-refractivity contribution < 1.29 is 19.1 Å². The van der Waals surface area contributed by atoms with Crippen LogP contribution in [0.2, 0.25) is 0 Å². The molecular formula is C24H34N6O4. The Morgan fingerprint density at radius 3 is 2.74 bits per heavy atom. The summed E-state index contributed by atoms with van der Waals surface area (Å²) in [6.45, 7) is 6.43. The van der Waals surface area contributed by atoms with Crippen molar-refractivity contribution >= 4 is 34.3 Å². The van der Waals surface area contributed by atoms with E-state index in [1.54, 1.807) is 13.3 Å². The standard InChI is InChI=1S/C24H34N6O4/c1-14-7-18(34-4)9-15-8-16(13-28-21(14)15)30-23(33)24(2,3)5-6-26-22(32)19-10-17(12-27-19)29-20(31)11-25/h7-9,13,17,19,27H,5-6,10-12,25H2,1-4H3,(H,26,32)(H,29,31)(H,30,33). The molecule has 0 spiro atoms. The van der Waals surface area contributed by atoms with Gasteiger partial charge >= 0.3 is 0 Å². The molecule has 1 aromatic heterocycles. The number of aromatic nitrogens is 1. The first-order valence-electron chi connectivity index (χ1n) is 11.4. The Balaban J connectivity index is 1.51. The van der Waals surface area contributed by atoms with Gasteiger partial charge in [0.15, 0.2) is 0 Å². The lowest BCUT2D eigenvalue weighted by molar-refractivity contribution is -0.126. The van der Waals surface area contributed by atoms with E-state index in [1.165, 1.54) is 0 Å². The molecule has 0 bridgehead atoms. The highest BCUT2D eigenvalue weighted by Gasteiger charge is 2.31. The number of nitrogens with two attached hydrogens (primary N) is 1. The summed E-state index contributed by atoms with van der Waals surface area (Å²) in [7, 11) is 1.61. The fourth-order valence-electron chi connectivity index (χ4n) is 3.95. The van der Waals surface area contributed by atoms with Gasteiger partial charge in [0.1, 0.15) is 5.75 Å². The summed E-state index contributed by atoms with van der Waals surface area (Å²) in [4.78, 5) is 41.3. The molecule has 3 amide bonds. The Hall–Kier alpha value is -3.24. The normalized spacial score (nSPS) is 17.9. The zero-order valence-corrected chi connectivity index (χ0v) is 20.2. The van der Waals surface area contributed by atoms with E-state index in [9.17, 15) is 14.4 Å². The summed E-state index contributed by atoms with van der Waals surface area (Å²) in [5, 5.41) is 12.6. The Labute approximate surface area is 199 Å². The van der Waals surface area contributed by atoms with Crippen LogP contribution in [0.5, 0.6) is 5.75 Å². The first-order valence-corrected chi connectivity index (χ1v) is 11.4. The van der Waals surface area contributed by atoms with Gasteiger partial charge in [-0.05, 0) is 43.5 Å². The fraction of sp³-hybridized carbons (Fsp3) is 0.500. The molecule has 10 heteroatoms. The zero-order chi connectivity index (χ0) is 24.9. The molecule has 6 N–H and O–H groups in total. The number of pyridine rings is 1. The molecule has 10 nitrogen and oxygen atoms in total. The van der Waals surface area contributed by atoms with Crippen molar-refractivity contribution in [1.82, 2.24) is 20.9 Å². The Kier molecular flexibility index (Phi) is 8.06. The van der Waals surface area contributed by atoms with E-state index in [0.717, 1.165) is 22.2 Å². The second kappa shape index (κ2) is 10.8. The molecule has 1 fully saturated rings. The molecular weight excluding hydrogens is 436 g/mol. The largest absolute Gasteiger partial charge is 0.497 e. The number of rotatable bonds is 9. The first-order chi connectivity index (χ1) is 16.1. The van der Waals surface area contributed by atoms with Gasteiger partial charge in [-0.15, -0.1) is 0 Å². The van der Waals surface area contributed by atoms with Gasteiger partial charge in [0, 0.05) is 29.9 Å². The molecule has 184 valence electrons. The third-order valence-corrected chi connectivity index (χ3v) is 6.10. The van der Waals surface area contributed by atoms with Crippen LogP contribution in [-0.2, 0) is 14.4 Å². The predicted molar refractivity (Wildman–Crippen MR) is 130 cm³/mol. The number of anilines is 1. The lowest BCUT2D eigenvalue weighted by atomic mass is 9.88. The van der Waals surface area contributed by atoms with Crippen LogP contribution >= 0.6 is 0 Å². The highest BCUT2D eigenvalue weighted by molar-refractivity contribution is 5.97. The minimum Gasteiger partial charge on any atom is -0.497 e. The van der Waals surface area contributed by atoms with Gasteiger partial charge in [-0.25, -0.2) is 0 Å². The van der Waals surface area contributed by atoms with Crippen molar-refractivity contribution in [3.8, 4) is 5.75 Å². The number of aryl methyl sites for hydroxylation is 1. The molecule has 0 radical (unpaired) electrons. The molecule has 1 saturated heterocycles. The van der Waals surface area contributed by atoms with Crippen molar-refractivity contribution in [3.63, 3.8) is 0 Å². The number of methoxy groups -OCH3 is 1. The van der Waals surface area contributed by atoms with Gasteiger partial charge in [-0.1, -0.05) is 13.8 Å². The highest BCUT2D eigenvalue weighted by Crippen LogP contribution is 2.27. The van der Waals surface area contributed by atoms with Crippen LogP contribution in [0, 0.1) is 12.3 Å². The number of amides is 3. The maximum atomic E-state index is 12.9. The van der Waals surface area contributed by atoms with Crippen molar-refractivity contribution in [1.29, 1.82) is 0 Å². The predicted octanol–water partition coefficient (Wildman–Crippen LogP) is 0.828. The average molecular weight is 471 g/mol. The average Bonchev–Trinajstić information content (AvgIpc) is 3.26. The molecule has 2 aromatic rings. The van der Waals surface area contributed by atoms with E-state index in [2.05, 4.69) is 26.3 Å². The van der Waals surface area contributed by atoms with E-state index in [4.69, 9.17) is 10.5 Å². The Morgan fingerprint density at radius 1 is 1.26 bits per heavy atom. The highest BCUT2D eigenvalue weighted by atomic mass is 16.5. The lowest BCUT2D eigenvalue weighted by Crippen LogP contribution is -2.42. The molecule has 1 aliphatic heterocycles. The van der Waals surface area contributed by atoms with Crippen molar-refractivity contribution in [2.24, 2.45) is 11.1 Å². The summed E-state index contributed by atoms with van der Waals surface area (Å²) < 4.78 is 5.33. The smallest absolute Gasteiger partial charge is 0.237 e. The molecule has 3 rings (SSSR count). The molecule has 2 heterocycles. The number of nitrogens with zero attached hydrogens (tertiary/aromatic N) is 1. The maximum absolute atomic E-state index is 12.9. The van der Waals surface area contributed by atoms with Crippen LogP contribution in [0.3, 0.4) is 0 Å². The van der Waals surface area contributed by atoms with Gasteiger partial charge in [0.05, 0.1) is 37.1 Å². The number of hydrogen-bond donors (Lipinski definition) is 5. The van der Waals surface area contributed by atoms with Crippen LogP contribution in [0.25, 0.3) is 10.9 Å². The van der Waals surface area contributed by atoms with Crippen LogP contribution in [-0.4, -0.2) is 61.5 Å². The third-order valence-electron chi connectivity index (χ3n) is 6.10. The summed E-state index contributed by atoms with van der Waals surface area (Å²) in [6, 6.07) is 5.17. The molecule has 2 atom stereocenters. The van der Waals surface area contributed by atoms with Crippen molar-refractivity contribution in [2.75, 3.05) is 32.1 Å². The van der Waals surface area contributed by atoms with Crippen LogP contribution in [0.4, 0.5) is 5.69 Å². The molecule has 1 aromatic carbocycles. The maximum Gasteiger partial charge on any atom is 0.237 e. The number of ether oxygens (including phenoxy) is 1. The Morgan fingerprint density at radius 2 is 2.03 bits per heavy atom. The van der Waals surface area contributed by atoms with E-state index >= 15 is 0 Å². The monoisotopic (exact) mass is 470 g/mol. The second-order valence-corrected chi connectivity index (χ2v) is 9.28. The van der Waals surface area contributed by atoms with E-state index in [1.807, 2.05) is 39.0 Å². The Bertz CT molecular complexity index is 1070. The van der Waals surface area contributed by atoms with Gasteiger partial charge in [0.25, 0.3) is 0 Å². The van der Waals surface area contributed by atoms with E-state index < -0.39 is 5.41 Å². The van der Waals surface area contributed by atoms with Crippen LogP contribution < -0.4 is 31.7 Å². The van der Waals surface area contributed by atoms with Crippen molar-refractivity contribution in [2.45, 2.75) is 45.7 Å². The van der Waals surface area contributed by atoms with Gasteiger partial charge in [0.2, 0.25) is 17.7 Å². The minimum atomic E-state index is -0.715. The number of hydrogen-bond acceptors (Lipinski definition) is 7. The second-order valence-electron chi connectivity index (χ2n) is 9.28.